The summed E-state index contributed by atoms with van der Waals surface area (Å²) in [6.45, 7) is 0.111. The van der Waals surface area contributed by atoms with Crippen LogP contribution in [0, 0.1) is 10.1 Å². The molecule has 0 saturated carbocycles. The number of rotatable bonds is 4. The first-order chi connectivity index (χ1) is 9.49. The molecule has 0 bridgehead atoms. The molecule has 2 aromatic rings. The largest absolute Gasteiger partial charge is 0.489 e. The van der Waals surface area contributed by atoms with E-state index in [-0.39, 0.29) is 18.0 Å². The summed E-state index contributed by atoms with van der Waals surface area (Å²) in [4.78, 5) is 10.2. The fraction of sp³-hybridized carbons (Fsp3) is 0.0769. The van der Waals surface area contributed by atoms with Gasteiger partial charge < -0.3 is 10.5 Å². The van der Waals surface area contributed by atoms with E-state index in [2.05, 4.69) is 0 Å². The molecule has 20 heavy (non-hydrogen) atoms. The van der Waals surface area contributed by atoms with Gasteiger partial charge in [-0.2, -0.15) is 0 Å². The van der Waals surface area contributed by atoms with Gasteiger partial charge in [-0.15, -0.1) is 0 Å². The Morgan fingerprint density at radius 2 is 1.85 bits per heavy atom. The monoisotopic (exact) mass is 312 g/mol. The van der Waals surface area contributed by atoms with Crippen molar-refractivity contribution in [3.8, 4) is 5.75 Å². The average molecular weight is 313 g/mol. The van der Waals surface area contributed by atoms with Gasteiger partial charge in [-0.1, -0.05) is 29.3 Å². The molecule has 2 N–H and O–H groups in total. The van der Waals surface area contributed by atoms with E-state index in [1.807, 2.05) is 0 Å². The molecule has 0 radical (unpaired) electrons. The molecule has 2 aromatic carbocycles. The van der Waals surface area contributed by atoms with Crippen LogP contribution in [0.15, 0.2) is 36.4 Å². The molecule has 0 atom stereocenters. The first kappa shape index (κ1) is 14.4. The Bertz CT molecular complexity index is 642. The predicted octanol–water partition coefficient (Wildman–Crippen LogP) is 4.06. The third kappa shape index (κ3) is 3.12. The standard InChI is InChI=1S/C13H10Cl2N2O3/c14-10-2-1-3-11(15)9(10)7-20-8-4-5-12(16)13(6-8)17(18)19/h1-6H,7,16H2. The molecule has 0 aliphatic carbocycles. The number of ether oxygens (including phenoxy) is 1. The number of anilines is 1. The topological polar surface area (TPSA) is 78.4 Å². The highest BCUT2D eigenvalue weighted by atomic mass is 35.5. The van der Waals surface area contributed by atoms with Crippen LogP contribution in [-0.2, 0) is 6.61 Å². The van der Waals surface area contributed by atoms with Crippen LogP contribution in [0.2, 0.25) is 10.0 Å². The number of hydrogen-bond donors (Lipinski definition) is 1. The summed E-state index contributed by atoms with van der Waals surface area (Å²) in [5.74, 6) is 0.321. The van der Waals surface area contributed by atoms with E-state index in [4.69, 9.17) is 33.7 Å². The highest BCUT2D eigenvalue weighted by Gasteiger charge is 2.13. The van der Waals surface area contributed by atoms with Gasteiger partial charge in [0, 0.05) is 15.6 Å². The van der Waals surface area contributed by atoms with Crippen molar-refractivity contribution in [1.82, 2.24) is 0 Å². The maximum absolute atomic E-state index is 10.8. The minimum Gasteiger partial charge on any atom is -0.489 e. The van der Waals surface area contributed by atoms with Crippen LogP contribution >= 0.6 is 23.2 Å². The SMILES string of the molecule is Nc1ccc(OCc2c(Cl)cccc2Cl)cc1[N+](=O)[O-]. The zero-order valence-electron chi connectivity index (χ0n) is 10.2. The van der Waals surface area contributed by atoms with Gasteiger partial charge >= 0.3 is 0 Å². The lowest BCUT2D eigenvalue weighted by atomic mass is 10.2. The second-order valence-electron chi connectivity index (χ2n) is 3.97. The van der Waals surface area contributed by atoms with Crippen LogP contribution in [0.25, 0.3) is 0 Å². The zero-order chi connectivity index (χ0) is 14.7. The van der Waals surface area contributed by atoms with Crippen LogP contribution in [0.3, 0.4) is 0 Å². The number of halogens is 2. The number of nitrogens with two attached hydrogens (primary N) is 1. The predicted molar refractivity (Wildman–Crippen MR) is 78.3 cm³/mol. The average Bonchev–Trinajstić information content (AvgIpc) is 2.39. The van der Waals surface area contributed by atoms with Crippen molar-refractivity contribution in [3.63, 3.8) is 0 Å². The van der Waals surface area contributed by atoms with Crippen molar-refractivity contribution < 1.29 is 9.66 Å². The normalized spacial score (nSPS) is 10.3. The van der Waals surface area contributed by atoms with Crippen molar-refractivity contribution in [2.75, 3.05) is 5.73 Å². The third-order valence-corrected chi connectivity index (χ3v) is 3.35. The molecule has 0 aliphatic rings. The van der Waals surface area contributed by atoms with E-state index >= 15 is 0 Å². The van der Waals surface area contributed by atoms with Crippen molar-refractivity contribution in [2.45, 2.75) is 6.61 Å². The van der Waals surface area contributed by atoms with Crippen molar-refractivity contribution in [3.05, 3.63) is 62.1 Å². The van der Waals surface area contributed by atoms with Gasteiger partial charge in [0.25, 0.3) is 5.69 Å². The van der Waals surface area contributed by atoms with E-state index in [0.717, 1.165) is 0 Å². The van der Waals surface area contributed by atoms with Crippen molar-refractivity contribution >= 4 is 34.6 Å². The number of benzene rings is 2. The molecule has 0 amide bonds. The molecule has 0 heterocycles. The fourth-order valence-electron chi connectivity index (χ4n) is 1.60. The quantitative estimate of drug-likeness (QED) is 0.524. The molecular weight excluding hydrogens is 303 g/mol. The van der Waals surface area contributed by atoms with Crippen LogP contribution in [0.5, 0.6) is 5.75 Å². The van der Waals surface area contributed by atoms with Gasteiger partial charge in [-0.25, -0.2) is 0 Å². The number of hydrogen-bond acceptors (Lipinski definition) is 4. The number of nitro groups is 1. The Hall–Kier alpha value is -1.98. The molecule has 7 heteroatoms. The molecule has 5 nitrogen and oxygen atoms in total. The summed E-state index contributed by atoms with van der Waals surface area (Å²) in [6.07, 6.45) is 0. The molecule has 2 rings (SSSR count). The molecule has 104 valence electrons. The first-order valence-electron chi connectivity index (χ1n) is 5.58. The van der Waals surface area contributed by atoms with Crippen LogP contribution in [-0.4, -0.2) is 4.92 Å². The smallest absolute Gasteiger partial charge is 0.295 e. The van der Waals surface area contributed by atoms with Gasteiger partial charge in [0.1, 0.15) is 18.0 Å². The second kappa shape index (κ2) is 5.98. The van der Waals surface area contributed by atoms with E-state index in [0.29, 0.717) is 21.4 Å². The fourth-order valence-corrected chi connectivity index (χ4v) is 2.10. The lowest BCUT2D eigenvalue weighted by Gasteiger charge is -2.09. The minimum atomic E-state index is -0.565. The minimum absolute atomic E-state index is 0.0816. The molecule has 0 aromatic heterocycles. The molecule has 0 unspecified atom stereocenters. The third-order valence-electron chi connectivity index (χ3n) is 2.64. The molecule has 0 spiro atoms. The number of nitro benzene ring substituents is 1. The van der Waals surface area contributed by atoms with Gasteiger partial charge in [-0.3, -0.25) is 10.1 Å². The summed E-state index contributed by atoms with van der Waals surface area (Å²) in [5.41, 5.74) is 6.01. The number of nitrogens with zero attached hydrogens (tertiary/aromatic N) is 1. The van der Waals surface area contributed by atoms with Gasteiger partial charge in [0.15, 0.2) is 0 Å². The maximum Gasteiger partial charge on any atom is 0.295 e. The molecule has 0 aliphatic heterocycles. The summed E-state index contributed by atoms with van der Waals surface area (Å²) >= 11 is 12.0. The Morgan fingerprint density at radius 3 is 2.45 bits per heavy atom. The zero-order valence-corrected chi connectivity index (χ0v) is 11.7. The van der Waals surface area contributed by atoms with Crippen LogP contribution in [0.4, 0.5) is 11.4 Å². The van der Waals surface area contributed by atoms with E-state index < -0.39 is 4.92 Å². The Morgan fingerprint density at radius 1 is 1.20 bits per heavy atom. The van der Waals surface area contributed by atoms with Gasteiger partial charge in [0.2, 0.25) is 0 Å². The van der Waals surface area contributed by atoms with Crippen molar-refractivity contribution in [2.24, 2.45) is 0 Å². The second-order valence-corrected chi connectivity index (χ2v) is 4.78. The van der Waals surface area contributed by atoms with E-state index in [9.17, 15) is 10.1 Å². The maximum atomic E-state index is 10.8. The van der Waals surface area contributed by atoms with Crippen LogP contribution < -0.4 is 10.5 Å². The summed E-state index contributed by atoms with van der Waals surface area (Å²) < 4.78 is 5.47. The Balaban J connectivity index is 2.19. The summed E-state index contributed by atoms with van der Waals surface area (Å²) in [5, 5.41) is 11.7. The van der Waals surface area contributed by atoms with Gasteiger partial charge in [-0.05, 0) is 24.3 Å². The van der Waals surface area contributed by atoms with Gasteiger partial charge in [0.05, 0.1) is 11.0 Å². The lowest BCUT2D eigenvalue weighted by Crippen LogP contribution is -2.00. The molecule has 0 fully saturated rings. The molecular formula is C13H10Cl2N2O3. The van der Waals surface area contributed by atoms with E-state index in [1.54, 1.807) is 24.3 Å². The lowest BCUT2D eigenvalue weighted by molar-refractivity contribution is -0.384. The molecule has 0 saturated heterocycles. The summed E-state index contributed by atoms with van der Waals surface area (Å²) in [6, 6.07) is 9.34. The first-order valence-corrected chi connectivity index (χ1v) is 6.34. The van der Waals surface area contributed by atoms with E-state index in [1.165, 1.54) is 12.1 Å². The van der Waals surface area contributed by atoms with Crippen molar-refractivity contribution in [1.29, 1.82) is 0 Å². The Labute approximate surface area is 125 Å². The van der Waals surface area contributed by atoms with Crippen LogP contribution in [0.1, 0.15) is 5.56 Å². The Kier molecular flexibility index (Phi) is 4.32. The summed E-state index contributed by atoms with van der Waals surface area (Å²) in [7, 11) is 0. The number of nitrogen functional groups attached to an aromatic ring is 1. The highest BCUT2D eigenvalue weighted by Crippen LogP contribution is 2.29. The highest BCUT2D eigenvalue weighted by molar-refractivity contribution is 6.35.